The zero-order chi connectivity index (χ0) is 12.3. The Bertz CT molecular complexity index is 556. The van der Waals surface area contributed by atoms with Crippen LogP contribution in [-0.2, 0) is 6.42 Å². The van der Waals surface area contributed by atoms with Crippen molar-refractivity contribution in [3.8, 4) is 0 Å². The molecular formula is C15H18N2. The van der Waals surface area contributed by atoms with Gasteiger partial charge in [0, 0.05) is 20.5 Å². The number of aliphatic imine (C=N–C) groups is 1. The van der Waals surface area contributed by atoms with Gasteiger partial charge in [-0.05, 0) is 23.3 Å². The van der Waals surface area contributed by atoms with E-state index in [0.29, 0.717) is 0 Å². The summed E-state index contributed by atoms with van der Waals surface area (Å²) < 4.78 is 0. The Morgan fingerprint density at radius 2 is 1.82 bits per heavy atom. The number of benzene rings is 2. The fraction of sp³-hybridized carbons (Fsp3) is 0.267. The molecule has 0 heterocycles. The molecule has 1 N–H and O–H groups in total. The summed E-state index contributed by atoms with van der Waals surface area (Å²) in [5.41, 5.74) is 2.59. The molecule has 0 saturated carbocycles. The number of fused-ring (bicyclic) bond motifs is 1. The molecular weight excluding hydrogens is 208 g/mol. The highest BCUT2D eigenvalue weighted by molar-refractivity contribution is 5.87. The molecule has 0 aliphatic rings. The Kier molecular flexibility index (Phi) is 3.43. The highest BCUT2D eigenvalue weighted by Gasteiger charge is 2.00. The lowest BCUT2D eigenvalue weighted by molar-refractivity contribution is 1.09. The number of likely N-dealkylation sites (N-methyl/N-ethyl adjacent to an activating group) is 1. The molecule has 0 aliphatic heterocycles. The van der Waals surface area contributed by atoms with Gasteiger partial charge in [-0.2, -0.15) is 0 Å². The maximum atomic E-state index is 4.20. The lowest BCUT2D eigenvalue weighted by Crippen LogP contribution is -2.20. The summed E-state index contributed by atoms with van der Waals surface area (Å²) in [4.78, 5) is 4.20. The molecule has 17 heavy (non-hydrogen) atoms. The summed E-state index contributed by atoms with van der Waals surface area (Å²) in [6, 6.07) is 13.1. The van der Waals surface area contributed by atoms with Crippen LogP contribution >= 0.6 is 0 Å². The molecule has 0 radical (unpaired) electrons. The van der Waals surface area contributed by atoms with Crippen molar-refractivity contribution in [1.29, 1.82) is 0 Å². The van der Waals surface area contributed by atoms with Gasteiger partial charge in [0.2, 0.25) is 0 Å². The lowest BCUT2D eigenvalue weighted by Gasteiger charge is -2.06. The number of nitrogens with one attached hydrogen (secondary N) is 1. The second-order valence-corrected chi connectivity index (χ2v) is 4.28. The van der Waals surface area contributed by atoms with Crippen molar-refractivity contribution in [3.05, 3.63) is 47.5 Å². The van der Waals surface area contributed by atoms with Crippen molar-refractivity contribution in [2.24, 2.45) is 4.99 Å². The highest BCUT2D eigenvalue weighted by atomic mass is 14.9. The molecule has 2 aromatic carbocycles. The molecule has 0 unspecified atom stereocenters. The highest BCUT2D eigenvalue weighted by Crippen LogP contribution is 2.18. The van der Waals surface area contributed by atoms with Gasteiger partial charge in [0.15, 0.2) is 0 Å². The predicted octanol–water partition coefficient (Wildman–Crippen LogP) is 2.94. The van der Waals surface area contributed by atoms with E-state index in [1.807, 2.05) is 14.1 Å². The Hall–Kier alpha value is -1.83. The predicted molar refractivity (Wildman–Crippen MR) is 74.8 cm³/mol. The molecule has 2 aromatic rings. The van der Waals surface area contributed by atoms with Gasteiger partial charge in [-0.15, -0.1) is 0 Å². The van der Waals surface area contributed by atoms with Crippen molar-refractivity contribution in [2.45, 2.75) is 13.3 Å². The largest absolute Gasteiger partial charge is 0.377 e. The minimum absolute atomic E-state index is 0.858. The van der Waals surface area contributed by atoms with E-state index < -0.39 is 0 Å². The van der Waals surface area contributed by atoms with Crippen molar-refractivity contribution in [3.63, 3.8) is 0 Å². The molecule has 0 amide bonds. The number of hydrogen-bond acceptors (Lipinski definition) is 1. The third kappa shape index (κ3) is 2.64. The molecule has 2 heteroatoms. The van der Waals surface area contributed by atoms with Gasteiger partial charge < -0.3 is 5.32 Å². The van der Waals surface area contributed by atoms with E-state index in [-0.39, 0.29) is 0 Å². The number of rotatable bonds is 2. The third-order valence-corrected chi connectivity index (χ3v) is 2.99. The zero-order valence-electron chi connectivity index (χ0n) is 10.6. The summed E-state index contributed by atoms with van der Waals surface area (Å²) in [7, 11) is 3.73. The summed E-state index contributed by atoms with van der Waals surface area (Å²) in [6.45, 7) is 2.12. The normalized spacial score (nSPS) is 11.8. The first-order chi connectivity index (χ1) is 8.22. The standard InChI is InChI=1S/C15H18N2/c1-11-4-6-14-9-12(5-7-13(14)8-11)10-15(16-2)17-3/h4-9H,10H2,1-3H3,(H,16,17). The van der Waals surface area contributed by atoms with Gasteiger partial charge in [0.25, 0.3) is 0 Å². The van der Waals surface area contributed by atoms with Crippen LogP contribution in [0.2, 0.25) is 0 Å². The quantitative estimate of drug-likeness (QED) is 0.618. The topological polar surface area (TPSA) is 24.4 Å². The van der Waals surface area contributed by atoms with Gasteiger partial charge in [-0.3, -0.25) is 4.99 Å². The first-order valence-corrected chi connectivity index (χ1v) is 5.85. The average molecular weight is 226 g/mol. The molecule has 0 fully saturated rings. The minimum Gasteiger partial charge on any atom is -0.377 e. The van der Waals surface area contributed by atoms with Crippen LogP contribution in [0, 0.1) is 6.92 Å². The van der Waals surface area contributed by atoms with E-state index >= 15 is 0 Å². The summed E-state index contributed by atoms with van der Waals surface area (Å²) in [5, 5.41) is 5.70. The number of aryl methyl sites for hydroxylation is 1. The Balaban J connectivity index is 2.35. The fourth-order valence-electron chi connectivity index (χ4n) is 2.00. The van der Waals surface area contributed by atoms with Crippen LogP contribution in [0.1, 0.15) is 11.1 Å². The van der Waals surface area contributed by atoms with E-state index in [0.717, 1.165) is 12.3 Å². The Morgan fingerprint density at radius 1 is 1.12 bits per heavy atom. The summed E-state index contributed by atoms with van der Waals surface area (Å²) in [5.74, 6) is 1.01. The van der Waals surface area contributed by atoms with E-state index in [1.54, 1.807) is 0 Å². The summed E-state index contributed by atoms with van der Waals surface area (Å²) >= 11 is 0. The molecule has 2 nitrogen and oxygen atoms in total. The number of hydrogen-bond donors (Lipinski definition) is 1. The van der Waals surface area contributed by atoms with Crippen molar-refractivity contribution >= 4 is 16.6 Å². The summed E-state index contributed by atoms with van der Waals surface area (Å²) in [6.07, 6.45) is 0.858. The number of nitrogens with zero attached hydrogens (tertiary/aromatic N) is 1. The zero-order valence-corrected chi connectivity index (χ0v) is 10.6. The van der Waals surface area contributed by atoms with Crippen LogP contribution in [0.15, 0.2) is 41.4 Å². The molecule has 88 valence electrons. The van der Waals surface area contributed by atoms with Crippen molar-refractivity contribution in [2.75, 3.05) is 14.1 Å². The molecule has 0 aromatic heterocycles. The van der Waals surface area contributed by atoms with Gasteiger partial charge >= 0.3 is 0 Å². The minimum atomic E-state index is 0.858. The van der Waals surface area contributed by atoms with Crippen LogP contribution in [0.4, 0.5) is 0 Å². The van der Waals surface area contributed by atoms with Crippen LogP contribution < -0.4 is 5.32 Å². The number of amidine groups is 1. The molecule has 0 saturated heterocycles. The van der Waals surface area contributed by atoms with Gasteiger partial charge in [-0.25, -0.2) is 0 Å². The van der Waals surface area contributed by atoms with Crippen LogP contribution in [0.5, 0.6) is 0 Å². The van der Waals surface area contributed by atoms with E-state index in [2.05, 4.69) is 53.6 Å². The van der Waals surface area contributed by atoms with Gasteiger partial charge in [0.05, 0.1) is 0 Å². The first-order valence-electron chi connectivity index (χ1n) is 5.85. The van der Waals surface area contributed by atoms with Crippen LogP contribution in [0.25, 0.3) is 10.8 Å². The van der Waals surface area contributed by atoms with Crippen molar-refractivity contribution in [1.82, 2.24) is 5.32 Å². The second kappa shape index (κ2) is 5.00. The fourth-order valence-corrected chi connectivity index (χ4v) is 2.00. The van der Waals surface area contributed by atoms with Crippen molar-refractivity contribution < 1.29 is 0 Å². The van der Waals surface area contributed by atoms with Crippen LogP contribution in [-0.4, -0.2) is 19.9 Å². The maximum absolute atomic E-state index is 4.20. The molecule has 0 aliphatic carbocycles. The molecule has 0 bridgehead atoms. The van der Waals surface area contributed by atoms with Crippen LogP contribution in [0.3, 0.4) is 0 Å². The Labute approximate surface area is 102 Å². The Morgan fingerprint density at radius 3 is 2.53 bits per heavy atom. The van der Waals surface area contributed by atoms with E-state index in [9.17, 15) is 0 Å². The van der Waals surface area contributed by atoms with E-state index in [4.69, 9.17) is 0 Å². The molecule has 0 spiro atoms. The lowest BCUT2D eigenvalue weighted by atomic mass is 10.0. The third-order valence-electron chi connectivity index (χ3n) is 2.99. The first kappa shape index (κ1) is 11.6. The van der Waals surface area contributed by atoms with Gasteiger partial charge in [0.1, 0.15) is 5.84 Å². The van der Waals surface area contributed by atoms with E-state index in [1.165, 1.54) is 21.9 Å². The molecule has 0 atom stereocenters. The smallest absolute Gasteiger partial charge is 0.100 e. The van der Waals surface area contributed by atoms with Gasteiger partial charge in [-0.1, -0.05) is 42.0 Å². The molecule has 2 rings (SSSR count). The monoisotopic (exact) mass is 226 g/mol. The average Bonchev–Trinajstić information content (AvgIpc) is 2.36. The maximum Gasteiger partial charge on any atom is 0.100 e. The second-order valence-electron chi connectivity index (χ2n) is 4.28. The SMILES string of the molecule is CN=C(Cc1ccc2cc(C)ccc2c1)NC.